The number of anilines is 2. The molecule has 0 saturated heterocycles. The third-order valence-electron chi connectivity index (χ3n) is 4.87. The second kappa shape index (κ2) is 8.19. The first-order chi connectivity index (χ1) is 12.5. The Kier molecular flexibility index (Phi) is 5.73. The SMILES string of the molecule is C[C@H](CN[C@H](C)[C@H]1CNc2cccnc2N1)c1cccc(CC(=O)O)c1. The summed E-state index contributed by atoms with van der Waals surface area (Å²) in [6.07, 6.45) is 1.86. The molecule has 0 aliphatic carbocycles. The molecule has 3 atom stereocenters. The van der Waals surface area contributed by atoms with Gasteiger partial charge in [0, 0.05) is 25.3 Å². The summed E-state index contributed by atoms with van der Waals surface area (Å²) < 4.78 is 0. The van der Waals surface area contributed by atoms with Crippen LogP contribution in [0.3, 0.4) is 0 Å². The van der Waals surface area contributed by atoms with E-state index in [9.17, 15) is 4.79 Å². The zero-order valence-corrected chi connectivity index (χ0v) is 15.2. The molecule has 138 valence electrons. The number of pyridine rings is 1. The van der Waals surface area contributed by atoms with Gasteiger partial charge in [0.1, 0.15) is 5.82 Å². The van der Waals surface area contributed by atoms with E-state index in [2.05, 4.69) is 40.8 Å². The molecule has 0 saturated carbocycles. The molecule has 3 rings (SSSR count). The quantitative estimate of drug-likeness (QED) is 0.612. The van der Waals surface area contributed by atoms with E-state index in [4.69, 9.17) is 5.11 Å². The highest BCUT2D eigenvalue weighted by Gasteiger charge is 2.23. The molecule has 4 N–H and O–H groups in total. The fourth-order valence-corrected chi connectivity index (χ4v) is 3.22. The topological polar surface area (TPSA) is 86.3 Å². The van der Waals surface area contributed by atoms with Crippen molar-refractivity contribution in [2.24, 2.45) is 0 Å². The lowest BCUT2D eigenvalue weighted by atomic mass is 9.97. The number of hydrogen-bond acceptors (Lipinski definition) is 5. The molecule has 0 fully saturated rings. The van der Waals surface area contributed by atoms with E-state index in [-0.39, 0.29) is 18.5 Å². The molecular weight excluding hydrogens is 328 g/mol. The number of hydrogen-bond donors (Lipinski definition) is 4. The Morgan fingerprint density at radius 2 is 2.19 bits per heavy atom. The summed E-state index contributed by atoms with van der Waals surface area (Å²) in [5, 5.41) is 19.5. The van der Waals surface area contributed by atoms with E-state index in [1.54, 1.807) is 6.20 Å². The van der Waals surface area contributed by atoms with Gasteiger partial charge in [0.15, 0.2) is 0 Å². The highest BCUT2D eigenvalue weighted by Crippen LogP contribution is 2.23. The molecule has 6 nitrogen and oxygen atoms in total. The number of aliphatic carboxylic acids is 1. The largest absolute Gasteiger partial charge is 0.481 e. The van der Waals surface area contributed by atoms with Crippen molar-refractivity contribution in [2.75, 3.05) is 23.7 Å². The Balaban J connectivity index is 1.54. The Labute approximate surface area is 154 Å². The number of rotatable bonds is 7. The Bertz CT molecular complexity index is 765. The molecule has 0 unspecified atom stereocenters. The third kappa shape index (κ3) is 4.52. The second-order valence-electron chi connectivity index (χ2n) is 6.94. The first-order valence-corrected chi connectivity index (χ1v) is 9.02. The summed E-state index contributed by atoms with van der Waals surface area (Å²) in [4.78, 5) is 15.3. The monoisotopic (exact) mass is 354 g/mol. The van der Waals surface area contributed by atoms with Gasteiger partial charge in [-0.2, -0.15) is 0 Å². The van der Waals surface area contributed by atoms with Gasteiger partial charge in [0.05, 0.1) is 18.2 Å². The number of carboxylic acid groups (broad SMARTS) is 1. The van der Waals surface area contributed by atoms with Crippen LogP contribution in [-0.4, -0.2) is 41.2 Å². The summed E-state index contributed by atoms with van der Waals surface area (Å²) in [5.74, 6) is 0.395. The van der Waals surface area contributed by atoms with Crippen molar-refractivity contribution in [2.45, 2.75) is 38.3 Å². The van der Waals surface area contributed by atoms with Crippen LogP contribution in [0.5, 0.6) is 0 Å². The van der Waals surface area contributed by atoms with E-state index >= 15 is 0 Å². The minimum atomic E-state index is -0.800. The van der Waals surface area contributed by atoms with Crippen LogP contribution in [0, 0.1) is 0 Å². The van der Waals surface area contributed by atoms with Gasteiger partial charge in [0.25, 0.3) is 0 Å². The fraction of sp³-hybridized carbons (Fsp3) is 0.400. The number of benzene rings is 1. The van der Waals surface area contributed by atoms with Gasteiger partial charge in [-0.05, 0) is 36.1 Å². The number of fused-ring (bicyclic) bond motifs is 1. The zero-order valence-electron chi connectivity index (χ0n) is 15.2. The maximum Gasteiger partial charge on any atom is 0.307 e. The molecule has 0 spiro atoms. The van der Waals surface area contributed by atoms with E-state index in [1.165, 1.54) is 0 Å². The molecular formula is C20H26N4O2. The minimum absolute atomic E-state index is 0.0640. The predicted octanol–water partition coefficient (Wildman–Crippen LogP) is 2.70. The molecule has 1 aliphatic rings. The molecule has 0 radical (unpaired) electrons. The summed E-state index contributed by atoms with van der Waals surface area (Å²) in [5.41, 5.74) is 3.04. The molecule has 6 heteroatoms. The summed E-state index contributed by atoms with van der Waals surface area (Å²) in [7, 11) is 0. The van der Waals surface area contributed by atoms with Crippen LogP contribution >= 0.6 is 0 Å². The first-order valence-electron chi connectivity index (χ1n) is 9.02. The molecule has 0 amide bonds. The zero-order chi connectivity index (χ0) is 18.5. The average Bonchev–Trinajstić information content (AvgIpc) is 2.65. The number of carbonyl (C=O) groups is 1. The van der Waals surface area contributed by atoms with Crippen molar-refractivity contribution >= 4 is 17.5 Å². The van der Waals surface area contributed by atoms with Crippen LogP contribution in [0.4, 0.5) is 11.5 Å². The minimum Gasteiger partial charge on any atom is -0.481 e. The standard InChI is InChI=1S/C20H26N4O2/c1-13(16-6-3-5-15(9-16)10-19(25)26)11-22-14(2)18-12-23-17-7-4-8-21-20(17)24-18/h3-9,13-14,18,22-23H,10-12H2,1-2H3,(H,21,24)(H,25,26)/t13-,14-,18-/m1/s1. The molecule has 1 aliphatic heterocycles. The van der Waals surface area contributed by atoms with Gasteiger partial charge in [-0.15, -0.1) is 0 Å². The first kappa shape index (κ1) is 18.2. The summed E-state index contributed by atoms with van der Waals surface area (Å²) in [6.45, 7) is 5.99. The van der Waals surface area contributed by atoms with Gasteiger partial charge in [-0.3, -0.25) is 4.79 Å². The Hall–Kier alpha value is -2.60. The number of carboxylic acids is 1. The average molecular weight is 354 g/mol. The normalized spacial score (nSPS) is 18.2. The maximum absolute atomic E-state index is 10.9. The van der Waals surface area contributed by atoms with Crippen molar-refractivity contribution in [3.8, 4) is 0 Å². The third-order valence-corrected chi connectivity index (χ3v) is 4.87. The van der Waals surface area contributed by atoms with Gasteiger partial charge in [-0.1, -0.05) is 31.2 Å². The van der Waals surface area contributed by atoms with Crippen LogP contribution in [0.15, 0.2) is 42.6 Å². The molecule has 1 aromatic heterocycles. The van der Waals surface area contributed by atoms with Crippen LogP contribution in [0.2, 0.25) is 0 Å². The maximum atomic E-state index is 10.9. The molecule has 1 aromatic carbocycles. The Morgan fingerprint density at radius 1 is 1.35 bits per heavy atom. The summed E-state index contributed by atoms with van der Waals surface area (Å²) in [6, 6.07) is 12.3. The van der Waals surface area contributed by atoms with Gasteiger partial charge in [-0.25, -0.2) is 4.98 Å². The van der Waals surface area contributed by atoms with Crippen LogP contribution in [-0.2, 0) is 11.2 Å². The van der Waals surface area contributed by atoms with Crippen molar-refractivity contribution in [3.05, 3.63) is 53.7 Å². The lowest BCUT2D eigenvalue weighted by Gasteiger charge is -2.32. The van der Waals surface area contributed by atoms with Crippen molar-refractivity contribution in [3.63, 3.8) is 0 Å². The summed E-state index contributed by atoms with van der Waals surface area (Å²) >= 11 is 0. The van der Waals surface area contributed by atoms with Crippen molar-refractivity contribution in [1.82, 2.24) is 10.3 Å². The molecule has 26 heavy (non-hydrogen) atoms. The lowest BCUT2D eigenvalue weighted by Crippen LogP contribution is -2.48. The number of nitrogens with one attached hydrogen (secondary N) is 3. The highest BCUT2D eigenvalue weighted by molar-refractivity contribution is 5.70. The molecule has 0 bridgehead atoms. The highest BCUT2D eigenvalue weighted by atomic mass is 16.4. The van der Waals surface area contributed by atoms with E-state index in [0.29, 0.717) is 5.92 Å². The number of nitrogens with zero attached hydrogens (tertiary/aromatic N) is 1. The van der Waals surface area contributed by atoms with Crippen molar-refractivity contribution in [1.29, 1.82) is 0 Å². The second-order valence-corrected chi connectivity index (χ2v) is 6.94. The molecule has 2 heterocycles. The fourth-order valence-electron chi connectivity index (χ4n) is 3.22. The smallest absolute Gasteiger partial charge is 0.307 e. The lowest BCUT2D eigenvalue weighted by molar-refractivity contribution is -0.136. The van der Waals surface area contributed by atoms with Gasteiger partial charge < -0.3 is 21.1 Å². The van der Waals surface area contributed by atoms with Crippen LogP contribution in [0.25, 0.3) is 0 Å². The van der Waals surface area contributed by atoms with E-state index < -0.39 is 5.97 Å². The van der Waals surface area contributed by atoms with Gasteiger partial charge >= 0.3 is 5.97 Å². The van der Waals surface area contributed by atoms with Crippen LogP contribution in [0.1, 0.15) is 30.9 Å². The van der Waals surface area contributed by atoms with Gasteiger partial charge in [0.2, 0.25) is 0 Å². The van der Waals surface area contributed by atoms with Crippen LogP contribution < -0.4 is 16.0 Å². The predicted molar refractivity (Wildman–Crippen MR) is 104 cm³/mol. The molecule has 2 aromatic rings. The Morgan fingerprint density at radius 3 is 3.00 bits per heavy atom. The van der Waals surface area contributed by atoms with E-state index in [1.807, 2.05) is 30.3 Å². The number of aromatic nitrogens is 1. The van der Waals surface area contributed by atoms with Crippen molar-refractivity contribution < 1.29 is 9.90 Å². The van der Waals surface area contributed by atoms with E-state index in [0.717, 1.165) is 35.7 Å².